The van der Waals surface area contributed by atoms with E-state index in [-0.39, 0.29) is 5.60 Å². The van der Waals surface area contributed by atoms with Crippen molar-refractivity contribution in [3.63, 3.8) is 0 Å². The summed E-state index contributed by atoms with van der Waals surface area (Å²) in [6.45, 7) is 5.18. The maximum atomic E-state index is 5.89. The van der Waals surface area contributed by atoms with E-state index in [0.717, 1.165) is 86.4 Å². The standard InChI is InChI=1S/C20H28N6O2/c1-2-26-19-16(12-23-26)18(24-14-3-5-27-6-4-14)15(11-22-19)17-9-20(28-25-17)7-13(8-20)10-21/h11-14H,2-10,21H2,1H3,(H,22,24). The summed E-state index contributed by atoms with van der Waals surface area (Å²) in [7, 11) is 0. The molecular weight excluding hydrogens is 356 g/mol. The second kappa shape index (κ2) is 7.00. The highest BCUT2D eigenvalue weighted by Gasteiger charge is 2.50. The number of ether oxygens (including phenoxy) is 1. The van der Waals surface area contributed by atoms with E-state index in [1.54, 1.807) is 0 Å². The molecule has 3 N–H and O–H groups in total. The predicted molar refractivity (Wildman–Crippen MR) is 107 cm³/mol. The van der Waals surface area contributed by atoms with E-state index in [9.17, 15) is 0 Å². The average molecular weight is 384 g/mol. The van der Waals surface area contributed by atoms with Gasteiger partial charge >= 0.3 is 0 Å². The normalized spacial score (nSPS) is 27.6. The Morgan fingerprint density at radius 1 is 1.29 bits per heavy atom. The van der Waals surface area contributed by atoms with Crippen LogP contribution in [0, 0.1) is 5.92 Å². The Bertz CT molecular complexity index is 895. The second-order valence-electron chi connectivity index (χ2n) is 8.27. The lowest BCUT2D eigenvalue weighted by atomic mass is 9.68. The number of nitrogens with two attached hydrogens (primary N) is 1. The van der Waals surface area contributed by atoms with Crippen molar-refractivity contribution < 1.29 is 9.57 Å². The topological polar surface area (TPSA) is 99.6 Å². The molecule has 0 radical (unpaired) electrons. The van der Waals surface area contributed by atoms with Gasteiger partial charge in [0, 0.05) is 44.0 Å². The first-order valence-electron chi connectivity index (χ1n) is 10.4. The van der Waals surface area contributed by atoms with Crippen LogP contribution in [0.4, 0.5) is 5.69 Å². The van der Waals surface area contributed by atoms with E-state index < -0.39 is 0 Å². The molecule has 2 aromatic heterocycles. The number of oxime groups is 1. The summed E-state index contributed by atoms with van der Waals surface area (Å²) < 4.78 is 7.45. The van der Waals surface area contributed by atoms with Crippen molar-refractivity contribution in [3.8, 4) is 0 Å². The largest absolute Gasteiger partial charge is 0.389 e. The van der Waals surface area contributed by atoms with E-state index in [2.05, 4.69) is 22.5 Å². The highest BCUT2D eigenvalue weighted by Crippen LogP contribution is 2.47. The van der Waals surface area contributed by atoms with Crippen LogP contribution in [-0.2, 0) is 16.1 Å². The first-order chi connectivity index (χ1) is 13.7. The Morgan fingerprint density at radius 3 is 2.86 bits per heavy atom. The highest BCUT2D eigenvalue weighted by atomic mass is 16.7. The van der Waals surface area contributed by atoms with E-state index >= 15 is 0 Å². The molecular formula is C20H28N6O2. The number of nitrogens with one attached hydrogen (secondary N) is 1. The van der Waals surface area contributed by atoms with Gasteiger partial charge in [0.25, 0.3) is 0 Å². The number of fused-ring (bicyclic) bond motifs is 1. The van der Waals surface area contributed by atoms with E-state index in [1.165, 1.54) is 0 Å². The molecule has 1 aliphatic carbocycles. The van der Waals surface area contributed by atoms with Gasteiger partial charge in [0.05, 0.1) is 23.0 Å². The number of hydrogen-bond donors (Lipinski definition) is 2. The number of hydrogen-bond acceptors (Lipinski definition) is 7. The van der Waals surface area contributed by atoms with Gasteiger partial charge in [-0.3, -0.25) is 0 Å². The van der Waals surface area contributed by atoms with Crippen LogP contribution in [0.25, 0.3) is 11.0 Å². The third-order valence-electron chi connectivity index (χ3n) is 6.34. The zero-order valence-corrected chi connectivity index (χ0v) is 16.4. The first-order valence-corrected chi connectivity index (χ1v) is 10.4. The molecule has 0 atom stereocenters. The molecule has 1 saturated heterocycles. The second-order valence-corrected chi connectivity index (χ2v) is 8.27. The number of nitrogens with zero attached hydrogens (tertiary/aromatic N) is 4. The molecule has 4 heterocycles. The Labute approximate surface area is 164 Å². The first kappa shape index (κ1) is 17.9. The van der Waals surface area contributed by atoms with Crippen LogP contribution in [0.15, 0.2) is 17.5 Å². The van der Waals surface area contributed by atoms with Crippen molar-refractivity contribution in [2.45, 2.75) is 57.2 Å². The minimum atomic E-state index is -0.155. The molecule has 0 amide bonds. The Balaban J connectivity index is 1.48. The van der Waals surface area contributed by atoms with Crippen LogP contribution in [0.1, 0.15) is 44.6 Å². The zero-order chi connectivity index (χ0) is 19.1. The molecule has 8 heteroatoms. The number of rotatable bonds is 5. The van der Waals surface area contributed by atoms with Gasteiger partial charge in [0.15, 0.2) is 5.65 Å². The molecule has 0 bridgehead atoms. The van der Waals surface area contributed by atoms with Gasteiger partial charge in [-0.25, -0.2) is 9.67 Å². The van der Waals surface area contributed by atoms with Crippen LogP contribution in [-0.4, -0.2) is 51.9 Å². The summed E-state index contributed by atoms with van der Waals surface area (Å²) in [4.78, 5) is 10.6. The SMILES string of the molecule is CCn1ncc2c(NC3CCOCC3)c(C3=NOC4(C3)CC(CN)C4)cnc21. The molecule has 2 aromatic rings. The monoisotopic (exact) mass is 384 g/mol. The highest BCUT2D eigenvalue weighted by molar-refractivity contribution is 6.10. The van der Waals surface area contributed by atoms with Gasteiger partial charge in [-0.15, -0.1) is 0 Å². The molecule has 0 aromatic carbocycles. The molecule has 0 unspecified atom stereocenters. The number of aryl methyl sites for hydroxylation is 1. The van der Waals surface area contributed by atoms with E-state index in [1.807, 2.05) is 17.1 Å². The predicted octanol–water partition coefficient (Wildman–Crippen LogP) is 2.27. The maximum Gasteiger partial charge on any atom is 0.159 e. The van der Waals surface area contributed by atoms with E-state index in [4.69, 9.17) is 20.3 Å². The van der Waals surface area contributed by atoms with Crippen LogP contribution in [0.5, 0.6) is 0 Å². The van der Waals surface area contributed by atoms with Crippen LogP contribution >= 0.6 is 0 Å². The van der Waals surface area contributed by atoms with Crippen molar-refractivity contribution in [2.75, 3.05) is 25.1 Å². The molecule has 2 fully saturated rings. The molecule has 28 heavy (non-hydrogen) atoms. The van der Waals surface area contributed by atoms with Gasteiger partial charge in [0.2, 0.25) is 0 Å². The van der Waals surface area contributed by atoms with Crippen LogP contribution < -0.4 is 11.1 Å². The fourth-order valence-corrected chi connectivity index (χ4v) is 4.72. The van der Waals surface area contributed by atoms with Crippen molar-refractivity contribution in [2.24, 2.45) is 16.8 Å². The van der Waals surface area contributed by atoms with Gasteiger partial charge in [-0.1, -0.05) is 5.16 Å². The molecule has 1 saturated carbocycles. The lowest BCUT2D eigenvalue weighted by Gasteiger charge is -2.41. The van der Waals surface area contributed by atoms with Gasteiger partial charge in [0.1, 0.15) is 5.60 Å². The van der Waals surface area contributed by atoms with E-state index in [0.29, 0.717) is 12.0 Å². The van der Waals surface area contributed by atoms with Crippen molar-refractivity contribution >= 4 is 22.4 Å². The summed E-state index contributed by atoms with van der Waals surface area (Å²) >= 11 is 0. The van der Waals surface area contributed by atoms with Gasteiger partial charge < -0.3 is 20.6 Å². The van der Waals surface area contributed by atoms with Crippen molar-refractivity contribution in [1.29, 1.82) is 0 Å². The minimum absolute atomic E-state index is 0.155. The lowest BCUT2D eigenvalue weighted by molar-refractivity contribution is -0.105. The summed E-state index contributed by atoms with van der Waals surface area (Å²) in [5.74, 6) is 0.553. The van der Waals surface area contributed by atoms with Gasteiger partial charge in [-0.05, 0) is 45.1 Å². The lowest BCUT2D eigenvalue weighted by Crippen LogP contribution is -2.46. The smallest absolute Gasteiger partial charge is 0.159 e. The van der Waals surface area contributed by atoms with Crippen molar-refractivity contribution in [3.05, 3.63) is 18.0 Å². The summed E-state index contributed by atoms with van der Waals surface area (Å²) in [6.07, 6.45) is 8.63. The molecule has 150 valence electrons. The fourth-order valence-electron chi connectivity index (χ4n) is 4.72. The quantitative estimate of drug-likeness (QED) is 0.820. The number of aromatic nitrogens is 3. The minimum Gasteiger partial charge on any atom is -0.389 e. The molecule has 5 rings (SSSR count). The van der Waals surface area contributed by atoms with Crippen LogP contribution in [0.3, 0.4) is 0 Å². The maximum absolute atomic E-state index is 5.89. The Morgan fingerprint density at radius 2 is 2.11 bits per heavy atom. The number of anilines is 1. The summed E-state index contributed by atoms with van der Waals surface area (Å²) in [6, 6.07) is 0.380. The van der Waals surface area contributed by atoms with Crippen molar-refractivity contribution in [1.82, 2.24) is 14.8 Å². The average Bonchev–Trinajstić information content (AvgIpc) is 3.32. The van der Waals surface area contributed by atoms with Crippen LogP contribution in [0.2, 0.25) is 0 Å². The number of pyridine rings is 1. The molecule has 3 aliphatic rings. The third kappa shape index (κ3) is 2.95. The third-order valence-corrected chi connectivity index (χ3v) is 6.34. The summed E-state index contributed by atoms with van der Waals surface area (Å²) in [5.41, 5.74) is 9.63. The summed E-state index contributed by atoms with van der Waals surface area (Å²) in [5, 5.41) is 13.8. The zero-order valence-electron chi connectivity index (χ0n) is 16.4. The molecule has 1 spiro atoms. The van der Waals surface area contributed by atoms with Gasteiger partial charge in [-0.2, -0.15) is 5.10 Å². The Hall–Kier alpha value is -2.19. The molecule has 2 aliphatic heterocycles. The fraction of sp³-hybridized carbons (Fsp3) is 0.650. The Kier molecular flexibility index (Phi) is 4.47. The molecule has 8 nitrogen and oxygen atoms in total.